The van der Waals surface area contributed by atoms with E-state index < -0.39 is 11.6 Å². The molecule has 0 aromatic heterocycles. The van der Waals surface area contributed by atoms with Crippen molar-refractivity contribution in [3.63, 3.8) is 0 Å². The molecule has 0 radical (unpaired) electrons. The van der Waals surface area contributed by atoms with E-state index in [-0.39, 0.29) is 5.91 Å². The maximum Gasteiger partial charge on any atom is 0.244 e. The molecular formula is C17H16FNO2. The highest BCUT2D eigenvalue weighted by molar-refractivity contribution is 5.91. The number of rotatable bonds is 5. The summed E-state index contributed by atoms with van der Waals surface area (Å²) in [6, 6.07) is 13.8. The number of phenols is 1. The number of carbonyl (C=O) groups excluding carboxylic acids is 1. The molecule has 2 aromatic rings. The predicted molar refractivity (Wildman–Crippen MR) is 80.3 cm³/mol. The summed E-state index contributed by atoms with van der Waals surface area (Å²) in [6.07, 6.45) is 3.60. The highest BCUT2D eigenvalue weighted by atomic mass is 19.1. The topological polar surface area (TPSA) is 49.3 Å². The van der Waals surface area contributed by atoms with Crippen LogP contribution in [0.3, 0.4) is 0 Å². The fraction of sp³-hybridized carbons (Fsp3) is 0.118. The molecule has 1 amide bonds. The number of benzene rings is 2. The Morgan fingerprint density at radius 1 is 1.19 bits per heavy atom. The first kappa shape index (κ1) is 14.8. The number of amides is 1. The van der Waals surface area contributed by atoms with E-state index in [0.29, 0.717) is 12.1 Å². The van der Waals surface area contributed by atoms with Crippen LogP contribution in [-0.2, 0) is 11.2 Å². The maximum atomic E-state index is 13.1. The predicted octanol–water partition coefficient (Wildman–Crippen LogP) is 2.90. The molecule has 3 nitrogen and oxygen atoms in total. The van der Waals surface area contributed by atoms with E-state index in [2.05, 4.69) is 5.32 Å². The van der Waals surface area contributed by atoms with Crippen molar-refractivity contribution in [1.29, 1.82) is 0 Å². The van der Waals surface area contributed by atoms with Gasteiger partial charge in [-0.2, -0.15) is 0 Å². The fourth-order valence-electron chi connectivity index (χ4n) is 1.83. The number of aromatic hydroxyl groups is 1. The molecule has 0 fully saturated rings. The van der Waals surface area contributed by atoms with Crippen molar-refractivity contribution >= 4 is 12.0 Å². The molecular weight excluding hydrogens is 269 g/mol. The van der Waals surface area contributed by atoms with Gasteiger partial charge in [0.05, 0.1) is 0 Å². The number of carbonyl (C=O) groups is 1. The summed E-state index contributed by atoms with van der Waals surface area (Å²) in [5, 5.41) is 11.8. The number of hydrogen-bond acceptors (Lipinski definition) is 2. The standard InChI is InChI=1S/C17H16FNO2/c18-15-12-14(6-8-16(15)20)7-9-17(21)19-11-10-13-4-2-1-3-5-13/h1-9,12,20H,10-11H2,(H,19,21)/b9-7+. The Morgan fingerprint density at radius 3 is 2.67 bits per heavy atom. The number of hydrogen-bond donors (Lipinski definition) is 2. The Morgan fingerprint density at radius 2 is 1.95 bits per heavy atom. The molecule has 4 heteroatoms. The maximum absolute atomic E-state index is 13.1. The number of nitrogens with one attached hydrogen (secondary N) is 1. The van der Waals surface area contributed by atoms with Crippen molar-refractivity contribution in [2.24, 2.45) is 0 Å². The van der Waals surface area contributed by atoms with Gasteiger partial charge >= 0.3 is 0 Å². The van der Waals surface area contributed by atoms with Crippen LogP contribution in [-0.4, -0.2) is 17.6 Å². The molecule has 0 spiro atoms. The third-order valence-corrected chi connectivity index (χ3v) is 2.95. The van der Waals surface area contributed by atoms with E-state index in [1.54, 1.807) is 0 Å². The quantitative estimate of drug-likeness (QED) is 0.830. The lowest BCUT2D eigenvalue weighted by Gasteiger charge is -2.02. The summed E-state index contributed by atoms with van der Waals surface area (Å²) < 4.78 is 13.1. The molecule has 2 N–H and O–H groups in total. The molecule has 0 saturated carbocycles. The molecule has 108 valence electrons. The summed E-state index contributed by atoms with van der Waals surface area (Å²) in [5.74, 6) is -1.35. The summed E-state index contributed by atoms with van der Waals surface area (Å²) >= 11 is 0. The molecule has 0 saturated heterocycles. The van der Waals surface area contributed by atoms with Crippen LogP contribution in [0.5, 0.6) is 5.75 Å². The van der Waals surface area contributed by atoms with Crippen molar-refractivity contribution in [2.75, 3.05) is 6.54 Å². The zero-order valence-corrected chi connectivity index (χ0v) is 11.4. The van der Waals surface area contributed by atoms with Crippen molar-refractivity contribution in [1.82, 2.24) is 5.32 Å². The Hall–Kier alpha value is -2.62. The largest absolute Gasteiger partial charge is 0.505 e. The Balaban J connectivity index is 1.81. The van der Waals surface area contributed by atoms with Crippen molar-refractivity contribution in [2.45, 2.75) is 6.42 Å². The van der Waals surface area contributed by atoms with Gasteiger partial charge in [0.2, 0.25) is 5.91 Å². The van der Waals surface area contributed by atoms with Gasteiger partial charge in [-0.3, -0.25) is 4.79 Å². The van der Waals surface area contributed by atoms with Crippen LogP contribution in [0.1, 0.15) is 11.1 Å². The average Bonchev–Trinajstić information content (AvgIpc) is 2.49. The van der Waals surface area contributed by atoms with E-state index in [9.17, 15) is 9.18 Å². The van der Waals surface area contributed by atoms with Gasteiger partial charge in [0, 0.05) is 12.6 Å². The van der Waals surface area contributed by atoms with E-state index >= 15 is 0 Å². The fourth-order valence-corrected chi connectivity index (χ4v) is 1.83. The molecule has 2 aromatic carbocycles. The molecule has 0 aliphatic carbocycles. The third kappa shape index (κ3) is 4.76. The van der Waals surface area contributed by atoms with Gasteiger partial charge in [0.1, 0.15) is 0 Å². The first-order valence-corrected chi connectivity index (χ1v) is 6.63. The minimum absolute atomic E-state index is 0.237. The van der Waals surface area contributed by atoms with Crippen molar-refractivity contribution in [3.05, 3.63) is 71.6 Å². The number of phenolic OH excluding ortho intramolecular Hbond substituents is 1. The summed E-state index contributed by atoms with van der Waals surface area (Å²) in [6.45, 7) is 0.539. The van der Waals surface area contributed by atoms with E-state index in [0.717, 1.165) is 12.0 Å². The molecule has 2 rings (SSSR count). The van der Waals surface area contributed by atoms with Crippen molar-refractivity contribution in [3.8, 4) is 5.75 Å². The molecule has 0 aliphatic heterocycles. The summed E-state index contributed by atoms with van der Waals surface area (Å²) in [7, 11) is 0. The van der Waals surface area contributed by atoms with Crippen LogP contribution >= 0.6 is 0 Å². The van der Waals surface area contributed by atoms with E-state index in [1.807, 2.05) is 30.3 Å². The molecule has 0 atom stereocenters. The van der Waals surface area contributed by atoms with Gasteiger partial charge in [-0.15, -0.1) is 0 Å². The lowest BCUT2D eigenvalue weighted by molar-refractivity contribution is -0.116. The zero-order chi connectivity index (χ0) is 15.1. The molecule has 0 unspecified atom stereocenters. The molecule has 0 aliphatic rings. The van der Waals surface area contributed by atoms with Crippen LogP contribution in [0.4, 0.5) is 4.39 Å². The van der Waals surface area contributed by atoms with Crippen LogP contribution in [0.2, 0.25) is 0 Å². The van der Waals surface area contributed by atoms with Crippen LogP contribution < -0.4 is 5.32 Å². The lowest BCUT2D eigenvalue weighted by atomic mass is 10.1. The second kappa shape index (κ2) is 7.24. The molecule has 0 heterocycles. The molecule has 21 heavy (non-hydrogen) atoms. The van der Waals surface area contributed by atoms with Crippen molar-refractivity contribution < 1.29 is 14.3 Å². The molecule has 0 bridgehead atoms. The third-order valence-electron chi connectivity index (χ3n) is 2.95. The highest BCUT2D eigenvalue weighted by Gasteiger charge is 2.00. The van der Waals surface area contributed by atoms with Gasteiger partial charge in [-0.1, -0.05) is 36.4 Å². The highest BCUT2D eigenvalue weighted by Crippen LogP contribution is 2.16. The first-order chi connectivity index (χ1) is 10.1. The zero-order valence-electron chi connectivity index (χ0n) is 11.4. The van der Waals surface area contributed by atoms with E-state index in [4.69, 9.17) is 5.11 Å². The Labute approximate surface area is 122 Å². The Bertz CT molecular complexity index is 638. The Kier molecular flexibility index (Phi) is 5.10. The lowest BCUT2D eigenvalue weighted by Crippen LogP contribution is -2.23. The van der Waals surface area contributed by atoms with Gasteiger partial charge in [0.25, 0.3) is 0 Å². The average molecular weight is 285 g/mol. The van der Waals surface area contributed by atoms with Gasteiger partial charge in [-0.05, 0) is 35.8 Å². The van der Waals surface area contributed by atoms with Gasteiger partial charge in [-0.25, -0.2) is 4.39 Å². The van der Waals surface area contributed by atoms with Gasteiger partial charge < -0.3 is 10.4 Å². The smallest absolute Gasteiger partial charge is 0.244 e. The minimum Gasteiger partial charge on any atom is -0.505 e. The SMILES string of the molecule is O=C(/C=C/c1ccc(O)c(F)c1)NCCc1ccccc1. The monoisotopic (exact) mass is 285 g/mol. The first-order valence-electron chi connectivity index (χ1n) is 6.63. The second-order valence-corrected chi connectivity index (χ2v) is 4.57. The van der Waals surface area contributed by atoms with Crippen LogP contribution in [0, 0.1) is 5.82 Å². The minimum atomic E-state index is -0.707. The second-order valence-electron chi connectivity index (χ2n) is 4.57. The van der Waals surface area contributed by atoms with Crippen LogP contribution in [0.15, 0.2) is 54.6 Å². The number of halogens is 1. The normalized spacial score (nSPS) is 10.7. The van der Waals surface area contributed by atoms with Gasteiger partial charge in [0.15, 0.2) is 11.6 Å². The summed E-state index contributed by atoms with van der Waals surface area (Å²) in [5.41, 5.74) is 1.67. The van der Waals surface area contributed by atoms with Crippen LogP contribution in [0.25, 0.3) is 6.08 Å². The summed E-state index contributed by atoms with van der Waals surface area (Å²) in [4.78, 5) is 11.6. The van der Waals surface area contributed by atoms with E-state index in [1.165, 1.54) is 30.4 Å².